The minimum Gasteiger partial charge on any atom is -0.480 e. The molecule has 1 saturated carbocycles. The van der Waals surface area contributed by atoms with E-state index < -0.39 is 11.4 Å². The summed E-state index contributed by atoms with van der Waals surface area (Å²) in [5.41, 5.74) is 0.571. The summed E-state index contributed by atoms with van der Waals surface area (Å²) >= 11 is 6.88. The second-order valence-corrected chi connectivity index (χ2v) is 16.2. The fourth-order valence-corrected chi connectivity index (χ4v) is 9.80. The number of aryl methyl sites for hydroxylation is 1. The Hall–Kier alpha value is -3.36. The minimum absolute atomic E-state index is 0.00296. The Morgan fingerprint density at radius 2 is 1.92 bits per heavy atom. The lowest BCUT2D eigenvalue weighted by Crippen LogP contribution is -2.57. The molecule has 4 aliphatic rings. The van der Waals surface area contributed by atoms with Gasteiger partial charge in [-0.15, -0.1) is 0 Å². The Labute approximate surface area is 308 Å². The van der Waals surface area contributed by atoms with Crippen LogP contribution in [0.3, 0.4) is 0 Å². The normalized spacial score (nSPS) is 30.1. The Kier molecular flexibility index (Phi) is 9.47. The van der Waals surface area contributed by atoms with Crippen molar-refractivity contribution in [2.24, 2.45) is 5.41 Å². The van der Waals surface area contributed by atoms with Gasteiger partial charge >= 0.3 is 6.01 Å². The van der Waals surface area contributed by atoms with Crippen molar-refractivity contribution in [1.82, 2.24) is 30.0 Å². The molecule has 3 aliphatic heterocycles. The number of hydrogen-bond acceptors (Lipinski definition) is 11. The zero-order valence-corrected chi connectivity index (χ0v) is 31.4. The highest BCUT2D eigenvalue weighted by Gasteiger charge is 2.51. The summed E-state index contributed by atoms with van der Waals surface area (Å²) in [5, 5.41) is 19.6. The topological polar surface area (TPSA) is 131 Å². The number of halogens is 2. The molecule has 0 spiro atoms. The van der Waals surface area contributed by atoms with Gasteiger partial charge in [-0.3, -0.25) is 10.00 Å². The predicted octanol–water partition coefficient (Wildman–Crippen LogP) is 6.23. The number of aromatic amines is 1. The Morgan fingerprint density at radius 1 is 1.13 bits per heavy atom. The zero-order chi connectivity index (χ0) is 36.4. The van der Waals surface area contributed by atoms with Crippen molar-refractivity contribution in [3.63, 3.8) is 0 Å². The lowest BCUT2D eigenvalue weighted by Gasteiger charge is -2.51. The van der Waals surface area contributed by atoms with Gasteiger partial charge in [0.05, 0.1) is 62.4 Å². The number of H-pyrrole nitrogens is 1. The van der Waals surface area contributed by atoms with Crippen LogP contribution in [0.15, 0.2) is 12.3 Å². The van der Waals surface area contributed by atoms with Crippen LogP contribution >= 0.6 is 11.6 Å². The number of β-amino-alcohol motifs (C(OH)–C–C–N with tert-alkyl or cyclic N) is 1. The van der Waals surface area contributed by atoms with Gasteiger partial charge in [0, 0.05) is 35.0 Å². The number of hydrogen-bond donors (Lipinski definition) is 2. The molecule has 0 amide bonds. The molecule has 0 radical (unpaired) electrons. The summed E-state index contributed by atoms with van der Waals surface area (Å²) in [5.74, 6) is -0.190. The summed E-state index contributed by atoms with van der Waals surface area (Å²) in [6.07, 6.45) is 9.61. The van der Waals surface area contributed by atoms with Crippen LogP contribution in [0.5, 0.6) is 11.9 Å². The average molecular weight is 738 g/mol. The first kappa shape index (κ1) is 35.7. The van der Waals surface area contributed by atoms with Crippen LogP contribution in [0, 0.1) is 18.2 Å². The molecule has 4 aromatic rings. The number of methoxy groups -OCH3 is 1. The number of aromatic nitrogens is 5. The SMILES string of the molecule is COc1nc(-c2c(Cl)c(C)cc3[nH]ncc23)c(F)c2nc(OC[C@]34CCC[C@H]3N(C3C[C@@H](C)O[C@@H](C)C3)CCC4)nc(N3CCOC[C@@](C)(O)C3)c12. The van der Waals surface area contributed by atoms with E-state index in [9.17, 15) is 5.11 Å². The van der Waals surface area contributed by atoms with Crippen molar-refractivity contribution in [2.75, 3.05) is 51.5 Å². The quantitative estimate of drug-likeness (QED) is 0.224. The van der Waals surface area contributed by atoms with Crippen LogP contribution in [0.4, 0.5) is 10.2 Å². The van der Waals surface area contributed by atoms with Crippen molar-refractivity contribution < 1.29 is 28.4 Å². The summed E-state index contributed by atoms with van der Waals surface area (Å²) in [4.78, 5) is 19.1. The lowest BCUT2D eigenvalue weighted by molar-refractivity contribution is -0.0967. The van der Waals surface area contributed by atoms with Gasteiger partial charge in [-0.25, -0.2) is 9.37 Å². The van der Waals surface area contributed by atoms with E-state index in [-0.39, 0.29) is 59.3 Å². The molecule has 6 heterocycles. The molecule has 3 saturated heterocycles. The highest BCUT2D eigenvalue weighted by Crippen LogP contribution is 2.50. The molecule has 4 fully saturated rings. The molecule has 52 heavy (non-hydrogen) atoms. The van der Waals surface area contributed by atoms with Gasteiger partial charge < -0.3 is 29.0 Å². The molecular weight excluding hydrogens is 689 g/mol. The van der Waals surface area contributed by atoms with Crippen LogP contribution in [0.1, 0.15) is 71.3 Å². The van der Waals surface area contributed by atoms with E-state index in [2.05, 4.69) is 28.9 Å². The number of piperidine rings is 1. The molecule has 1 aliphatic carbocycles. The van der Waals surface area contributed by atoms with E-state index in [0.29, 0.717) is 59.1 Å². The molecule has 6 atom stereocenters. The summed E-state index contributed by atoms with van der Waals surface area (Å²) in [6, 6.07) is 2.80. The Bertz CT molecular complexity index is 1970. The third-order valence-electron chi connectivity index (χ3n) is 11.7. The van der Waals surface area contributed by atoms with Crippen molar-refractivity contribution in [2.45, 2.75) is 103 Å². The molecule has 1 unspecified atom stereocenters. The summed E-state index contributed by atoms with van der Waals surface area (Å²) in [7, 11) is 1.48. The maximum absolute atomic E-state index is 17.2. The van der Waals surface area contributed by atoms with E-state index in [1.807, 2.05) is 17.9 Å². The largest absolute Gasteiger partial charge is 0.480 e. The number of anilines is 1. The highest BCUT2D eigenvalue weighted by molar-refractivity contribution is 6.35. The van der Waals surface area contributed by atoms with Gasteiger partial charge in [-0.2, -0.15) is 15.1 Å². The smallest absolute Gasteiger partial charge is 0.319 e. The summed E-state index contributed by atoms with van der Waals surface area (Å²) in [6.45, 7) is 10.5. The molecule has 280 valence electrons. The van der Waals surface area contributed by atoms with Crippen LogP contribution < -0.4 is 14.4 Å². The molecule has 3 aromatic heterocycles. The first-order chi connectivity index (χ1) is 25.0. The van der Waals surface area contributed by atoms with Crippen LogP contribution in [-0.2, 0) is 9.47 Å². The van der Waals surface area contributed by atoms with Crippen molar-refractivity contribution in [3.8, 4) is 23.1 Å². The van der Waals surface area contributed by atoms with Gasteiger partial charge in [0.2, 0.25) is 5.88 Å². The van der Waals surface area contributed by atoms with Crippen LogP contribution in [0.25, 0.3) is 33.1 Å². The first-order valence-corrected chi connectivity index (χ1v) is 19.0. The summed E-state index contributed by atoms with van der Waals surface area (Å²) < 4.78 is 41.6. The third-order valence-corrected chi connectivity index (χ3v) is 12.2. The molecular formula is C38H49ClFN7O5. The average Bonchev–Trinajstić information content (AvgIpc) is 3.72. The van der Waals surface area contributed by atoms with Crippen molar-refractivity contribution in [3.05, 3.63) is 28.7 Å². The molecule has 2 N–H and O–H groups in total. The number of pyridine rings is 1. The maximum Gasteiger partial charge on any atom is 0.319 e. The number of nitrogens with one attached hydrogen (secondary N) is 1. The number of ether oxygens (including phenoxy) is 4. The van der Waals surface area contributed by atoms with Crippen molar-refractivity contribution >= 4 is 39.2 Å². The second kappa shape index (κ2) is 13.8. The van der Waals surface area contributed by atoms with E-state index in [1.165, 1.54) is 7.11 Å². The number of fused-ring (bicyclic) bond motifs is 3. The van der Waals surface area contributed by atoms with E-state index in [1.54, 1.807) is 13.1 Å². The minimum atomic E-state index is -1.18. The lowest BCUT2D eigenvalue weighted by atomic mass is 9.74. The highest BCUT2D eigenvalue weighted by atomic mass is 35.5. The Morgan fingerprint density at radius 3 is 2.71 bits per heavy atom. The molecule has 12 nitrogen and oxygen atoms in total. The number of rotatable bonds is 7. The van der Waals surface area contributed by atoms with Crippen molar-refractivity contribution in [1.29, 1.82) is 0 Å². The van der Waals surface area contributed by atoms with E-state index in [4.69, 9.17) is 45.5 Å². The number of aliphatic hydroxyl groups is 1. The molecule has 8 rings (SSSR count). The maximum atomic E-state index is 17.2. The molecule has 0 bridgehead atoms. The number of benzene rings is 1. The van der Waals surface area contributed by atoms with E-state index >= 15 is 4.39 Å². The van der Waals surface area contributed by atoms with Gasteiger partial charge in [-0.05, 0) is 84.4 Å². The number of nitrogens with zero attached hydrogens (tertiary/aromatic N) is 6. The predicted molar refractivity (Wildman–Crippen MR) is 197 cm³/mol. The molecule has 14 heteroatoms. The standard InChI is InChI=1S/C38H49ClFN7O5/c1-21-14-26-25(17-41-45-26)28(30(21)39)32-31(40)33-29(35(42-32)49-5)34(46-12-13-50-19-37(4,48)18-46)44-36(43-33)51-20-38-9-6-8-27(38)47(11-7-10-38)24-15-22(2)52-23(3)16-24/h14,17,22-24,27,48H,6-13,15-16,18-20H2,1-5H3,(H,41,45)/t22-,23+,24?,27-,37+,38-/m1/s1. The van der Waals surface area contributed by atoms with Crippen LogP contribution in [-0.4, -0.2) is 112 Å². The monoisotopic (exact) mass is 737 g/mol. The fourth-order valence-electron chi connectivity index (χ4n) is 9.55. The van der Waals surface area contributed by atoms with E-state index in [0.717, 1.165) is 57.1 Å². The number of likely N-dealkylation sites (tertiary alicyclic amines) is 1. The van der Waals surface area contributed by atoms with Gasteiger partial charge in [0.25, 0.3) is 0 Å². The molecule has 1 aromatic carbocycles. The van der Waals surface area contributed by atoms with Crippen LogP contribution in [0.2, 0.25) is 5.02 Å². The second-order valence-electron chi connectivity index (χ2n) is 15.8. The third kappa shape index (κ3) is 6.36. The fraction of sp³-hybridized carbons (Fsp3) is 0.632. The zero-order valence-electron chi connectivity index (χ0n) is 30.7. The first-order valence-electron chi connectivity index (χ1n) is 18.6. The van der Waals surface area contributed by atoms with Gasteiger partial charge in [0.15, 0.2) is 5.82 Å². The van der Waals surface area contributed by atoms with Gasteiger partial charge in [-0.1, -0.05) is 18.0 Å². The van der Waals surface area contributed by atoms with Gasteiger partial charge in [0.1, 0.15) is 28.0 Å². The Balaban J connectivity index is 1.23.